The van der Waals surface area contributed by atoms with Crippen LogP contribution < -0.4 is 5.32 Å². The van der Waals surface area contributed by atoms with E-state index < -0.39 is 0 Å². The Balaban J connectivity index is 2.00. The monoisotopic (exact) mass is 280 g/mol. The summed E-state index contributed by atoms with van der Waals surface area (Å²) in [6.45, 7) is 15.8. The number of likely N-dealkylation sites (tertiary alicyclic amines) is 1. The molecule has 0 aromatic heterocycles. The van der Waals surface area contributed by atoms with Gasteiger partial charge in [0.25, 0.3) is 0 Å². The van der Waals surface area contributed by atoms with E-state index in [1.165, 1.54) is 38.8 Å². The largest absolute Gasteiger partial charge is 0.314 e. The van der Waals surface area contributed by atoms with Gasteiger partial charge >= 0.3 is 0 Å². The first kappa shape index (κ1) is 16.3. The van der Waals surface area contributed by atoms with E-state index in [9.17, 15) is 0 Å². The zero-order valence-electron chi connectivity index (χ0n) is 14.4. The number of nitrogens with one attached hydrogen (secondary N) is 1. The second-order valence-corrected chi connectivity index (χ2v) is 7.87. The molecule has 2 rings (SSSR count). The van der Waals surface area contributed by atoms with Crippen LogP contribution >= 0.6 is 0 Å². The van der Waals surface area contributed by atoms with Crippen LogP contribution in [0.1, 0.15) is 60.3 Å². The van der Waals surface area contributed by atoms with E-state index in [-0.39, 0.29) is 0 Å². The predicted octanol–water partition coefficient (Wildman–Crippen LogP) is 3.77. The first-order chi connectivity index (χ1) is 9.51. The first-order valence-corrected chi connectivity index (χ1v) is 8.98. The molecule has 0 bridgehead atoms. The van der Waals surface area contributed by atoms with E-state index >= 15 is 0 Å². The molecule has 20 heavy (non-hydrogen) atoms. The lowest BCUT2D eigenvalue weighted by molar-refractivity contribution is 0.0540. The maximum Gasteiger partial charge on any atom is 0.0112 e. The summed E-state index contributed by atoms with van der Waals surface area (Å²) in [5.74, 6) is 3.50. The van der Waals surface area contributed by atoms with Crippen LogP contribution in [0.15, 0.2) is 0 Å². The molecule has 2 heteroatoms. The van der Waals surface area contributed by atoms with Crippen molar-refractivity contribution in [3.63, 3.8) is 0 Å². The van der Waals surface area contributed by atoms with E-state index in [1.54, 1.807) is 0 Å². The quantitative estimate of drug-likeness (QED) is 0.843. The molecule has 6 unspecified atom stereocenters. The van der Waals surface area contributed by atoms with Gasteiger partial charge in [-0.3, -0.25) is 0 Å². The molecule has 0 aromatic carbocycles. The van der Waals surface area contributed by atoms with E-state index in [1.807, 2.05) is 0 Å². The van der Waals surface area contributed by atoms with Gasteiger partial charge in [0.05, 0.1) is 0 Å². The molecule has 2 fully saturated rings. The Kier molecular flexibility index (Phi) is 5.92. The molecule has 1 aliphatic carbocycles. The van der Waals surface area contributed by atoms with Crippen molar-refractivity contribution in [1.82, 2.24) is 10.2 Å². The van der Waals surface area contributed by atoms with E-state index in [0.717, 1.165) is 42.3 Å². The van der Waals surface area contributed by atoms with Crippen LogP contribution in [0.3, 0.4) is 0 Å². The highest BCUT2D eigenvalue weighted by Gasteiger charge is 2.36. The molecular weight excluding hydrogens is 244 g/mol. The molecule has 2 nitrogen and oxygen atoms in total. The zero-order valence-corrected chi connectivity index (χ0v) is 14.4. The summed E-state index contributed by atoms with van der Waals surface area (Å²) in [6, 6.07) is 1.53. The molecule has 1 N–H and O–H groups in total. The number of rotatable bonds is 4. The van der Waals surface area contributed by atoms with Crippen LogP contribution in [0.25, 0.3) is 0 Å². The van der Waals surface area contributed by atoms with Gasteiger partial charge < -0.3 is 10.2 Å². The van der Waals surface area contributed by atoms with Crippen molar-refractivity contribution in [2.45, 2.75) is 72.4 Å². The van der Waals surface area contributed by atoms with Crippen LogP contribution in [-0.4, -0.2) is 36.6 Å². The maximum atomic E-state index is 3.78. The minimum absolute atomic E-state index is 0.739. The Hall–Kier alpha value is -0.0800. The highest BCUT2D eigenvalue weighted by Crippen LogP contribution is 2.35. The molecule has 1 aliphatic heterocycles. The van der Waals surface area contributed by atoms with Gasteiger partial charge in [0.15, 0.2) is 0 Å². The summed E-state index contributed by atoms with van der Waals surface area (Å²) >= 11 is 0. The lowest BCUT2D eigenvalue weighted by Gasteiger charge is -2.45. The van der Waals surface area contributed by atoms with Crippen molar-refractivity contribution >= 4 is 0 Å². The van der Waals surface area contributed by atoms with Crippen molar-refractivity contribution in [3.05, 3.63) is 0 Å². The second kappa shape index (κ2) is 7.26. The number of hydrogen-bond acceptors (Lipinski definition) is 2. The number of piperidine rings is 1. The average Bonchev–Trinajstić information content (AvgIpc) is 2.38. The summed E-state index contributed by atoms with van der Waals surface area (Å²) in [4.78, 5) is 2.79. The van der Waals surface area contributed by atoms with Crippen LogP contribution in [-0.2, 0) is 0 Å². The lowest BCUT2D eigenvalue weighted by Crippen LogP contribution is -2.52. The summed E-state index contributed by atoms with van der Waals surface area (Å²) in [5.41, 5.74) is 0. The van der Waals surface area contributed by atoms with Gasteiger partial charge in [-0.1, -0.05) is 27.7 Å². The third kappa shape index (κ3) is 3.98. The summed E-state index contributed by atoms with van der Waals surface area (Å²) in [6.07, 6.45) is 5.61. The molecule has 6 atom stereocenters. The third-order valence-electron chi connectivity index (χ3n) is 5.84. The summed E-state index contributed by atoms with van der Waals surface area (Å²) in [5, 5.41) is 3.78. The summed E-state index contributed by atoms with van der Waals surface area (Å²) < 4.78 is 0. The Bertz CT molecular complexity index is 291. The smallest absolute Gasteiger partial charge is 0.0112 e. The number of nitrogens with zero attached hydrogens (tertiary/aromatic N) is 1. The van der Waals surface area contributed by atoms with Crippen molar-refractivity contribution in [1.29, 1.82) is 0 Å². The standard InChI is InChI=1S/C18H36N2/c1-6-19-18-10-14(3)9-15(4)17(18)12-20-11-13(2)7-8-16(20)5/h13-19H,6-12H2,1-5H3. The normalized spacial score (nSPS) is 43.6. The van der Waals surface area contributed by atoms with E-state index in [0.29, 0.717) is 0 Å². The maximum absolute atomic E-state index is 3.78. The molecule has 118 valence electrons. The van der Waals surface area contributed by atoms with Gasteiger partial charge in [0.2, 0.25) is 0 Å². The van der Waals surface area contributed by atoms with Crippen LogP contribution in [0.4, 0.5) is 0 Å². The van der Waals surface area contributed by atoms with Gasteiger partial charge in [-0.25, -0.2) is 0 Å². The van der Waals surface area contributed by atoms with Crippen molar-refractivity contribution in [2.75, 3.05) is 19.6 Å². The highest BCUT2D eigenvalue weighted by atomic mass is 15.2. The first-order valence-electron chi connectivity index (χ1n) is 8.98. The fourth-order valence-electron chi connectivity index (χ4n) is 4.62. The molecular formula is C18H36N2. The fourth-order valence-corrected chi connectivity index (χ4v) is 4.62. The molecule has 1 saturated carbocycles. The topological polar surface area (TPSA) is 15.3 Å². The third-order valence-corrected chi connectivity index (χ3v) is 5.84. The predicted molar refractivity (Wildman–Crippen MR) is 87.9 cm³/mol. The van der Waals surface area contributed by atoms with Gasteiger partial charge in [0, 0.05) is 25.2 Å². The van der Waals surface area contributed by atoms with Gasteiger partial charge in [0.1, 0.15) is 0 Å². The SMILES string of the molecule is CCNC1CC(C)CC(C)C1CN1CC(C)CCC1C. The van der Waals surface area contributed by atoms with Crippen molar-refractivity contribution < 1.29 is 0 Å². The molecule has 0 spiro atoms. The Labute approximate surface area is 126 Å². The lowest BCUT2D eigenvalue weighted by atomic mass is 9.71. The fraction of sp³-hybridized carbons (Fsp3) is 1.00. The average molecular weight is 280 g/mol. The molecule has 1 heterocycles. The zero-order chi connectivity index (χ0) is 14.7. The second-order valence-electron chi connectivity index (χ2n) is 7.87. The van der Waals surface area contributed by atoms with Crippen molar-refractivity contribution in [3.8, 4) is 0 Å². The molecule has 2 aliphatic rings. The summed E-state index contributed by atoms with van der Waals surface area (Å²) in [7, 11) is 0. The van der Waals surface area contributed by atoms with E-state index in [4.69, 9.17) is 0 Å². The Morgan fingerprint density at radius 1 is 1.00 bits per heavy atom. The minimum atomic E-state index is 0.739. The van der Waals surface area contributed by atoms with Gasteiger partial charge in [-0.2, -0.15) is 0 Å². The Morgan fingerprint density at radius 2 is 1.75 bits per heavy atom. The molecule has 0 amide bonds. The molecule has 0 aromatic rings. The minimum Gasteiger partial charge on any atom is -0.314 e. The molecule has 0 radical (unpaired) electrons. The Morgan fingerprint density at radius 3 is 2.45 bits per heavy atom. The van der Waals surface area contributed by atoms with Gasteiger partial charge in [-0.15, -0.1) is 0 Å². The van der Waals surface area contributed by atoms with Crippen LogP contribution in [0.2, 0.25) is 0 Å². The number of hydrogen-bond donors (Lipinski definition) is 1. The van der Waals surface area contributed by atoms with Crippen LogP contribution in [0, 0.1) is 23.7 Å². The van der Waals surface area contributed by atoms with Crippen LogP contribution in [0.5, 0.6) is 0 Å². The molecule has 1 saturated heterocycles. The van der Waals surface area contributed by atoms with E-state index in [2.05, 4.69) is 44.8 Å². The highest BCUT2D eigenvalue weighted by molar-refractivity contribution is 4.91. The van der Waals surface area contributed by atoms with Crippen molar-refractivity contribution in [2.24, 2.45) is 23.7 Å². The van der Waals surface area contributed by atoms with Gasteiger partial charge in [-0.05, 0) is 62.8 Å².